The molecule has 10 heteroatoms. The lowest BCUT2D eigenvalue weighted by atomic mass is 10.2. The van der Waals surface area contributed by atoms with Crippen molar-refractivity contribution in [3.8, 4) is 0 Å². The van der Waals surface area contributed by atoms with E-state index in [1.165, 1.54) is 24.1 Å². The summed E-state index contributed by atoms with van der Waals surface area (Å²) < 4.78 is 39.5. The summed E-state index contributed by atoms with van der Waals surface area (Å²) in [5, 5.41) is 12.8. The van der Waals surface area contributed by atoms with E-state index in [2.05, 4.69) is 5.32 Å². The van der Waals surface area contributed by atoms with E-state index in [1.54, 1.807) is 0 Å². The third-order valence-electron chi connectivity index (χ3n) is 3.24. The van der Waals surface area contributed by atoms with Gasteiger partial charge >= 0.3 is 0 Å². The molecule has 0 aliphatic carbocycles. The first-order chi connectivity index (χ1) is 11.7. The molecular formula is C15H11ClF3N3O3. The Morgan fingerprint density at radius 3 is 2.52 bits per heavy atom. The minimum atomic E-state index is -1.69. The van der Waals surface area contributed by atoms with Crippen molar-refractivity contribution in [3.05, 3.63) is 62.9 Å². The van der Waals surface area contributed by atoms with Gasteiger partial charge in [0.25, 0.3) is 5.69 Å². The second-order valence-corrected chi connectivity index (χ2v) is 5.43. The number of halogens is 4. The van der Waals surface area contributed by atoms with Crippen LogP contribution in [0.3, 0.4) is 0 Å². The predicted octanol–water partition coefficient (Wildman–Crippen LogP) is 3.74. The van der Waals surface area contributed by atoms with Crippen LogP contribution in [-0.4, -0.2) is 24.4 Å². The molecule has 0 heterocycles. The fourth-order valence-corrected chi connectivity index (χ4v) is 2.35. The molecule has 0 aliphatic heterocycles. The lowest BCUT2D eigenvalue weighted by Gasteiger charge is -2.20. The van der Waals surface area contributed by atoms with Gasteiger partial charge in [0.2, 0.25) is 5.91 Å². The fourth-order valence-electron chi connectivity index (χ4n) is 2.03. The maximum Gasteiger partial charge on any atom is 0.271 e. The van der Waals surface area contributed by atoms with Gasteiger partial charge in [0, 0.05) is 19.2 Å². The van der Waals surface area contributed by atoms with E-state index in [4.69, 9.17) is 11.6 Å². The normalized spacial score (nSPS) is 10.4. The molecule has 0 spiro atoms. The van der Waals surface area contributed by atoms with Crippen LogP contribution in [0.15, 0.2) is 30.3 Å². The van der Waals surface area contributed by atoms with Gasteiger partial charge < -0.3 is 10.2 Å². The van der Waals surface area contributed by atoms with Crippen LogP contribution >= 0.6 is 11.6 Å². The Labute approximate surface area is 145 Å². The summed E-state index contributed by atoms with van der Waals surface area (Å²) in [6, 6.07) is 5.27. The molecule has 0 fully saturated rings. The first-order valence-electron chi connectivity index (χ1n) is 6.79. The van der Waals surface area contributed by atoms with E-state index in [-0.39, 0.29) is 17.3 Å². The molecule has 0 atom stereocenters. The van der Waals surface area contributed by atoms with Crippen LogP contribution in [0.1, 0.15) is 0 Å². The van der Waals surface area contributed by atoms with Crippen molar-refractivity contribution in [1.82, 2.24) is 0 Å². The number of non-ortho nitro benzene ring substituents is 1. The van der Waals surface area contributed by atoms with Gasteiger partial charge in [-0.3, -0.25) is 14.9 Å². The summed E-state index contributed by atoms with van der Waals surface area (Å²) >= 11 is 5.95. The molecule has 1 N–H and O–H groups in total. The second-order valence-electron chi connectivity index (χ2n) is 5.02. The molecule has 0 saturated carbocycles. The largest absolute Gasteiger partial charge is 0.364 e. The Bertz CT molecular complexity index is 848. The molecule has 1 amide bonds. The van der Waals surface area contributed by atoms with Crippen LogP contribution in [0.2, 0.25) is 5.02 Å². The average Bonchev–Trinajstić information content (AvgIpc) is 2.55. The zero-order valence-corrected chi connectivity index (χ0v) is 13.5. The summed E-state index contributed by atoms with van der Waals surface area (Å²) in [4.78, 5) is 23.4. The quantitative estimate of drug-likeness (QED) is 0.492. The van der Waals surface area contributed by atoms with Crippen molar-refractivity contribution >= 4 is 34.6 Å². The molecule has 0 radical (unpaired) electrons. The summed E-state index contributed by atoms with van der Waals surface area (Å²) in [5.41, 5.74) is -0.393. The molecule has 0 saturated heterocycles. The van der Waals surface area contributed by atoms with Gasteiger partial charge in [0.15, 0.2) is 17.5 Å². The van der Waals surface area contributed by atoms with E-state index < -0.39 is 34.0 Å². The van der Waals surface area contributed by atoms with Crippen molar-refractivity contribution in [1.29, 1.82) is 0 Å². The van der Waals surface area contributed by atoms with Crippen LogP contribution in [-0.2, 0) is 4.79 Å². The molecule has 2 aromatic carbocycles. The van der Waals surface area contributed by atoms with Gasteiger partial charge in [-0.25, -0.2) is 13.2 Å². The van der Waals surface area contributed by atoms with Gasteiger partial charge in [0.1, 0.15) is 0 Å². The standard InChI is InChI=1S/C15H11ClF3N3O3/c1-21(12-5-2-8(22(24)25)6-9(12)16)7-13(23)20-11-4-3-10(17)14(18)15(11)19/h2-6H,7H2,1H3,(H,20,23). The number of nitrogens with one attached hydrogen (secondary N) is 1. The number of hydrogen-bond donors (Lipinski definition) is 1. The molecule has 0 aromatic heterocycles. The zero-order chi connectivity index (χ0) is 18.7. The van der Waals surface area contributed by atoms with Gasteiger partial charge in [-0.1, -0.05) is 11.6 Å². The fraction of sp³-hybridized carbons (Fsp3) is 0.133. The number of carbonyl (C=O) groups excluding carboxylic acids is 1. The number of anilines is 2. The van der Waals surface area contributed by atoms with Crippen molar-refractivity contribution in [2.45, 2.75) is 0 Å². The molecule has 0 bridgehead atoms. The molecule has 2 rings (SSSR count). The van der Waals surface area contributed by atoms with Crippen LogP contribution in [0, 0.1) is 27.6 Å². The van der Waals surface area contributed by atoms with E-state index in [9.17, 15) is 28.1 Å². The molecule has 0 unspecified atom stereocenters. The van der Waals surface area contributed by atoms with Gasteiger partial charge in [0.05, 0.1) is 27.9 Å². The average molecular weight is 374 g/mol. The maximum absolute atomic E-state index is 13.5. The second kappa shape index (κ2) is 7.39. The highest BCUT2D eigenvalue weighted by Gasteiger charge is 2.18. The number of nitrogens with zero attached hydrogens (tertiary/aromatic N) is 2. The molecule has 132 valence electrons. The summed E-state index contributed by atoms with van der Waals surface area (Å²) in [7, 11) is 1.48. The Kier molecular flexibility index (Phi) is 5.48. The number of benzene rings is 2. The van der Waals surface area contributed by atoms with Gasteiger partial charge in [-0.2, -0.15) is 0 Å². The topological polar surface area (TPSA) is 75.5 Å². The maximum atomic E-state index is 13.5. The molecule has 6 nitrogen and oxygen atoms in total. The molecule has 2 aromatic rings. The van der Waals surface area contributed by atoms with Crippen LogP contribution in [0.5, 0.6) is 0 Å². The Hall–Kier alpha value is -2.81. The number of carbonyl (C=O) groups is 1. The predicted molar refractivity (Wildman–Crippen MR) is 86.3 cm³/mol. The zero-order valence-electron chi connectivity index (χ0n) is 12.7. The number of nitro benzene ring substituents is 1. The SMILES string of the molecule is CN(CC(=O)Nc1ccc(F)c(F)c1F)c1ccc([N+](=O)[O-])cc1Cl. The summed E-state index contributed by atoms with van der Waals surface area (Å²) in [6.07, 6.45) is 0. The molecular weight excluding hydrogens is 363 g/mol. The van der Waals surface area contributed by atoms with Crippen LogP contribution in [0.25, 0.3) is 0 Å². The highest BCUT2D eigenvalue weighted by atomic mass is 35.5. The first kappa shape index (κ1) is 18.5. The molecule has 0 aliphatic rings. The smallest absolute Gasteiger partial charge is 0.271 e. The first-order valence-corrected chi connectivity index (χ1v) is 7.17. The van der Waals surface area contributed by atoms with E-state index in [0.29, 0.717) is 11.8 Å². The van der Waals surface area contributed by atoms with Crippen molar-refractivity contribution in [2.24, 2.45) is 0 Å². The van der Waals surface area contributed by atoms with Crippen molar-refractivity contribution in [2.75, 3.05) is 23.8 Å². The monoisotopic (exact) mass is 373 g/mol. The third kappa shape index (κ3) is 4.18. The summed E-state index contributed by atoms with van der Waals surface area (Å²) in [6.45, 7) is -0.310. The minimum absolute atomic E-state index is 0.0449. The lowest BCUT2D eigenvalue weighted by molar-refractivity contribution is -0.384. The lowest BCUT2D eigenvalue weighted by Crippen LogP contribution is -2.30. The minimum Gasteiger partial charge on any atom is -0.364 e. The van der Waals surface area contributed by atoms with E-state index in [1.807, 2.05) is 0 Å². The van der Waals surface area contributed by atoms with Gasteiger partial charge in [-0.15, -0.1) is 0 Å². The number of rotatable bonds is 5. The number of likely N-dealkylation sites (N-methyl/N-ethyl adjacent to an activating group) is 1. The number of amides is 1. The van der Waals surface area contributed by atoms with Crippen LogP contribution < -0.4 is 10.2 Å². The number of hydrogen-bond acceptors (Lipinski definition) is 4. The van der Waals surface area contributed by atoms with E-state index >= 15 is 0 Å². The Morgan fingerprint density at radius 2 is 1.92 bits per heavy atom. The third-order valence-corrected chi connectivity index (χ3v) is 3.55. The molecule has 25 heavy (non-hydrogen) atoms. The summed E-state index contributed by atoms with van der Waals surface area (Å²) in [5.74, 6) is -5.29. The Balaban J connectivity index is 2.10. The number of nitro groups is 1. The van der Waals surface area contributed by atoms with Gasteiger partial charge in [-0.05, 0) is 18.2 Å². The van der Waals surface area contributed by atoms with Crippen LogP contribution in [0.4, 0.5) is 30.2 Å². The van der Waals surface area contributed by atoms with Crippen molar-refractivity contribution < 1.29 is 22.9 Å². The highest BCUT2D eigenvalue weighted by Crippen LogP contribution is 2.29. The van der Waals surface area contributed by atoms with Crippen molar-refractivity contribution in [3.63, 3.8) is 0 Å². The Morgan fingerprint density at radius 1 is 1.24 bits per heavy atom. The van der Waals surface area contributed by atoms with E-state index in [0.717, 1.165) is 12.1 Å². The highest BCUT2D eigenvalue weighted by molar-refractivity contribution is 6.33.